The maximum absolute atomic E-state index is 9.46. The number of aliphatic hydroxyl groups is 1. The van der Waals surface area contributed by atoms with Crippen LogP contribution in [-0.2, 0) is 6.42 Å². The first kappa shape index (κ1) is 12.6. The standard InChI is InChI=1S/C12H18ClN3O/c1-2-10-11(13)14-7-15-12(10)16-8-3-5-9(17)6-4-8/h7-9,17H,2-6H2,1H3,(H,14,15,16). The first-order valence-electron chi connectivity index (χ1n) is 6.14. The third-order valence-corrected chi connectivity index (χ3v) is 3.61. The summed E-state index contributed by atoms with van der Waals surface area (Å²) in [7, 11) is 0. The maximum atomic E-state index is 9.46. The quantitative estimate of drug-likeness (QED) is 0.815. The van der Waals surface area contributed by atoms with Gasteiger partial charge in [-0.05, 0) is 32.1 Å². The topological polar surface area (TPSA) is 58.0 Å². The van der Waals surface area contributed by atoms with Crippen LogP contribution < -0.4 is 5.32 Å². The van der Waals surface area contributed by atoms with Crippen molar-refractivity contribution < 1.29 is 5.11 Å². The number of hydrogen-bond donors (Lipinski definition) is 2. The molecule has 2 N–H and O–H groups in total. The number of aromatic nitrogens is 2. The maximum Gasteiger partial charge on any atom is 0.137 e. The molecule has 5 heteroatoms. The second-order valence-corrected chi connectivity index (χ2v) is 4.85. The van der Waals surface area contributed by atoms with Crippen LogP contribution in [0.2, 0.25) is 5.15 Å². The highest BCUT2D eigenvalue weighted by Gasteiger charge is 2.20. The minimum Gasteiger partial charge on any atom is -0.393 e. The molecule has 1 aromatic heterocycles. The van der Waals surface area contributed by atoms with E-state index < -0.39 is 0 Å². The number of anilines is 1. The number of nitrogens with one attached hydrogen (secondary N) is 1. The van der Waals surface area contributed by atoms with Gasteiger partial charge in [-0.1, -0.05) is 18.5 Å². The highest BCUT2D eigenvalue weighted by Crippen LogP contribution is 2.25. The lowest BCUT2D eigenvalue weighted by molar-refractivity contribution is 0.126. The number of nitrogens with zero attached hydrogens (tertiary/aromatic N) is 2. The summed E-state index contributed by atoms with van der Waals surface area (Å²) >= 11 is 6.04. The van der Waals surface area contributed by atoms with Crippen LogP contribution in [0.1, 0.15) is 38.2 Å². The summed E-state index contributed by atoms with van der Waals surface area (Å²) < 4.78 is 0. The van der Waals surface area contributed by atoms with Crippen molar-refractivity contribution in [2.24, 2.45) is 0 Å². The highest BCUT2D eigenvalue weighted by molar-refractivity contribution is 6.30. The Morgan fingerprint density at radius 2 is 2.06 bits per heavy atom. The molecule has 1 aliphatic rings. The van der Waals surface area contributed by atoms with Gasteiger partial charge in [0, 0.05) is 11.6 Å². The van der Waals surface area contributed by atoms with Crippen LogP contribution in [0, 0.1) is 0 Å². The second kappa shape index (κ2) is 5.65. The van der Waals surface area contributed by atoms with Crippen molar-refractivity contribution in [1.82, 2.24) is 9.97 Å². The Balaban J connectivity index is 2.05. The molecule has 1 aromatic rings. The average molecular weight is 256 g/mol. The van der Waals surface area contributed by atoms with Crippen LogP contribution in [-0.4, -0.2) is 27.2 Å². The van der Waals surface area contributed by atoms with Crippen LogP contribution in [0.25, 0.3) is 0 Å². The molecule has 0 amide bonds. The molecule has 0 aromatic carbocycles. The van der Waals surface area contributed by atoms with Gasteiger partial charge >= 0.3 is 0 Å². The second-order valence-electron chi connectivity index (χ2n) is 4.49. The predicted molar refractivity (Wildman–Crippen MR) is 68.3 cm³/mol. The van der Waals surface area contributed by atoms with Gasteiger partial charge < -0.3 is 10.4 Å². The normalized spacial score (nSPS) is 24.6. The average Bonchev–Trinajstić information content (AvgIpc) is 2.32. The molecule has 4 nitrogen and oxygen atoms in total. The number of rotatable bonds is 3. The van der Waals surface area contributed by atoms with Crippen molar-refractivity contribution in [3.8, 4) is 0 Å². The summed E-state index contributed by atoms with van der Waals surface area (Å²) in [4.78, 5) is 8.24. The van der Waals surface area contributed by atoms with Crippen molar-refractivity contribution in [2.75, 3.05) is 5.32 Å². The van der Waals surface area contributed by atoms with E-state index in [1.807, 2.05) is 6.92 Å². The number of halogens is 1. The third kappa shape index (κ3) is 3.07. The van der Waals surface area contributed by atoms with Gasteiger partial charge in [-0.2, -0.15) is 0 Å². The van der Waals surface area contributed by atoms with Gasteiger partial charge in [0.1, 0.15) is 17.3 Å². The fourth-order valence-electron chi connectivity index (χ4n) is 2.24. The van der Waals surface area contributed by atoms with Gasteiger partial charge in [0.15, 0.2) is 0 Å². The molecule has 0 saturated heterocycles. The van der Waals surface area contributed by atoms with Crippen molar-refractivity contribution in [3.63, 3.8) is 0 Å². The Morgan fingerprint density at radius 1 is 1.35 bits per heavy atom. The fraction of sp³-hybridized carbons (Fsp3) is 0.667. The Labute approximate surface area is 106 Å². The Kier molecular flexibility index (Phi) is 4.18. The Hall–Kier alpha value is -0.870. The first-order chi connectivity index (χ1) is 8.20. The van der Waals surface area contributed by atoms with Gasteiger partial charge in [0.05, 0.1) is 6.10 Å². The molecule has 0 radical (unpaired) electrons. The van der Waals surface area contributed by atoms with E-state index in [0.29, 0.717) is 11.2 Å². The first-order valence-corrected chi connectivity index (χ1v) is 6.52. The monoisotopic (exact) mass is 255 g/mol. The van der Waals surface area contributed by atoms with E-state index in [1.54, 1.807) is 0 Å². The molecule has 1 saturated carbocycles. The lowest BCUT2D eigenvalue weighted by atomic mass is 9.93. The van der Waals surface area contributed by atoms with E-state index >= 15 is 0 Å². The summed E-state index contributed by atoms with van der Waals surface area (Å²) in [6, 6.07) is 0.384. The minimum atomic E-state index is -0.132. The zero-order valence-electron chi connectivity index (χ0n) is 9.99. The van der Waals surface area contributed by atoms with E-state index in [2.05, 4.69) is 15.3 Å². The predicted octanol–water partition coefficient (Wildman–Crippen LogP) is 2.41. The van der Waals surface area contributed by atoms with Crippen LogP contribution in [0.4, 0.5) is 5.82 Å². The molecule has 2 rings (SSSR count). The van der Waals surface area contributed by atoms with E-state index in [4.69, 9.17) is 11.6 Å². The lowest BCUT2D eigenvalue weighted by Gasteiger charge is -2.27. The molecule has 0 atom stereocenters. The van der Waals surface area contributed by atoms with E-state index in [0.717, 1.165) is 43.5 Å². The van der Waals surface area contributed by atoms with Crippen molar-refractivity contribution in [2.45, 2.75) is 51.2 Å². The van der Waals surface area contributed by atoms with Gasteiger partial charge in [-0.25, -0.2) is 9.97 Å². The molecular formula is C12H18ClN3O. The Bertz CT molecular complexity index is 378. The molecule has 0 unspecified atom stereocenters. The lowest BCUT2D eigenvalue weighted by Crippen LogP contribution is -2.29. The molecule has 17 heavy (non-hydrogen) atoms. The van der Waals surface area contributed by atoms with E-state index in [9.17, 15) is 5.11 Å². The number of aliphatic hydroxyl groups excluding tert-OH is 1. The van der Waals surface area contributed by atoms with Gasteiger partial charge in [0.25, 0.3) is 0 Å². The summed E-state index contributed by atoms with van der Waals surface area (Å²) in [6.45, 7) is 2.04. The summed E-state index contributed by atoms with van der Waals surface area (Å²) in [5.41, 5.74) is 0.972. The Morgan fingerprint density at radius 3 is 2.71 bits per heavy atom. The fourth-order valence-corrected chi connectivity index (χ4v) is 2.51. The molecule has 0 aliphatic heterocycles. The zero-order valence-corrected chi connectivity index (χ0v) is 10.7. The van der Waals surface area contributed by atoms with Crippen LogP contribution in [0.15, 0.2) is 6.33 Å². The zero-order chi connectivity index (χ0) is 12.3. The summed E-state index contributed by atoms with van der Waals surface area (Å²) in [5, 5.41) is 13.4. The molecule has 1 fully saturated rings. The van der Waals surface area contributed by atoms with Crippen molar-refractivity contribution >= 4 is 17.4 Å². The SMILES string of the molecule is CCc1c(Cl)ncnc1NC1CCC(O)CC1. The molecule has 94 valence electrons. The van der Waals surface area contributed by atoms with Gasteiger partial charge in [-0.15, -0.1) is 0 Å². The van der Waals surface area contributed by atoms with Crippen LogP contribution in [0.3, 0.4) is 0 Å². The minimum absolute atomic E-state index is 0.132. The third-order valence-electron chi connectivity index (χ3n) is 3.28. The molecule has 1 aliphatic carbocycles. The van der Waals surface area contributed by atoms with E-state index in [1.165, 1.54) is 6.33 Å². The van der Waals surface area contributed by atoms with E-state index in [-0.39, 0.29) is 6.10 Å². The van der Waals surface area contributed by atoms with Crippen molar-refractivity contribution in [1.29, 1.82) is 0 Å². The molecule has 0 spiro atoms. The van der Waals surface area contributed by atoms with Crippen LogP contribution in [0.5, 0.6) is 0 Å². The van der Waals surface area contributed by atoms with Gasteiger partial charge in [0.2, 0.25) is 0 Å². The molecule has 1 heterocycles. The summed E-state index contributed by atoms with van der Waals surface area (Å²) in [6.07, 6.45) is 5.85. The van der Waals surface area contributed by atoms with Crippen LogP contribution >= 0.6 is 11.6 Å². The smallest absolute Gasteiger partial charge is 0.137 e. The molecule has 0 bridgehead atoms. The van der Waals surface area contributed by atoms with Crippen molar-refractivity contribution in [3.05, 3.63) is 17.0 Å². The van der Waals surface area contributed by atoms with Gasteiger partial charge in [-0.3, -0.25) is 0 Å². The molecular weight excluding hydrogens is 238 g/mol. The largest absolute Gasteiger partial charge is 0.393 e. The summed E-state index contributed by atoms with van der Waals surface area (Å²) in [5.74, 6) is 0.842. The number of hydrogen-bond acceptors (Lipinski definition) is 4. The highest BCUT2D eigenvalue weighted by atomic mass is 35.5.